The monoisotopic (exact) mass is 306 g/mol. The molecular weight excluding hydrogens is 284 g/mol. The highest BCUT2D eigenvalue weighted by molar-refractivity contribution is 7.80. The van der Waals surface area contributed by atoms with E-state index in [9.17, 15) is 9.90 Å². The van der Waals surface area contributed by atoms with Gasteiger partial charge in [-0.15, -0.1) is 0 Å². The Balaban J connectivity index is 2.14. The fourth-order valence-corrected chi connectivity index (χ4v) is 3.20. The van der Waals surface area contributed by atoms with E-state index in [4.69, 9.17) is 18.0 Å². The molecule has 1 aromatic carbocycles. The highest BCUT2D eigenvalue weighted by Crippen LogP contribution is 2.27. The summed E-state index contributed by atoms with van der Waals surface area (Å²) in [7, 11) is 0. The van der Waals surface area contributed by atoms with Crippen LogP contribution in [0.3, 0.4) is 0 Å². The number of hydrogen-bond donors (Lipinski definition) is 3. The molecule has 0 bridgehead atoms. The standard InChI is InChI=1S/C16H22N2O2S/c1-10-6-5-9-12(14(10)19)16(20)18-13(15(17)21)11-7-3-2-4-8-11/h5-6,9,11,13,19H,2-4,7-8H2,1H3,(H2,17,21)(H,18,20). The van der Waals surface area contributed by atoms with E-state index < -0.39 is 0 Å². The van der Waals surface area contributed by atoms with Crippen LogP contribution in [0, 0.1) is 12.8 Å². The number of aryl methyl sites for hydroxylation is 1. The summed E-state index contributed by atoms with van der Waals surface area (Å²) in [6.07, 6.45) is 5.59. The molecule has 1 saturated carbocycles. The average Bonchev–Trinajstić information content (AvgIpc) is 2.48. The number of para-hydroxylation sites is 1. The molecule has 1 unspecified atom stereocenters. The van der Waals surface area contributed by atoms with Crippen molar-refractivity contribution < 1.29 is 9.90 Å². The zero-order valence-corrected chi connectivity index (χ0v) is 13.1. The van der Waals surface area contributed by atoms with Gasteiger partial charge < -0.3 is 16.2 Å². The van der Waals surface area contributed by atoms with Gasteiger partial charge in [0, 0.05) is 0 Å². The van der Waals surface area contributed by atoms with Gasteiger partial charge in [-0.05, 0) is 37.3 Å². The van der Waals surface area contributed by atoms with Crippen LogP contribution in [0.25, 0.3) is 0 Å². The molecule has 5 heteroatoms. The predicted molar refractivity (Wildman–Crippen MR) is 87.5 cm³/mol. The van der Waals surface area contributed by atoms with E-state index in [2.05, 4.69) is 5.32 Å². The first kappa shape index (κ1) is 15.8. The fourth-order valence-electron chi connectivity index (χ4n) is 2.95. The number of benzene rings is 1. The molecule has 1 atom stereocenters. The number of carbonyl (C=O) groups excluding carboxylic acids is 1. The van der Waals surface area contributed by atoms with Crippen LogP contribution >= 0.6 is 12.2 Å². The Hall–Kier alpha value is -1.62. The summed E-state index contributed by atoms with van der Waals surface area (Å²) in [5, 5.41) is 12.9. The Labute approximate surface area is 130 Å². The number of amides is 1. The molecule has 0 aliphatic heterocycles. The molecule has 0 spiro atoms. The number of hydrogen-bond acceptors (Lipinski definition) is 3. The van der Waals surface area contributed by atoms with Crippen molar-refractivity contribution in [3.63, 3.8) is 0 Å². The number of rotatable bonds is 4. The molecule has 1 aromatic rings. The van der Waals surface area contributed by atoms with Gasteiger partial charge in [-0.25, -0.2) is 0 Å². The van der Waals surface area contributed by atoms with Gasteiger partial charge in [-0.1, -0.05) is 43.6 Å². The van der Waals surface area contributed by atoms with Gasteiger partial charge >= 0.3 is 0 Å². The quantitative estimate of drug-likeness (QED) is 0.748. The van der Waals surface area contributed by atoms with Crippen LogP contribution in [0.15, 0.2) is 18.2 Å². The number of phenols is 1. The van der Waals surface area contributed by atoms with Crippen molar-refractivity contribution in [2.45, 2.75) is 45.1 Å². The lowest BCUT2D eigenvalue weighted by Crippen LogP contribution is -2.48. The Kier molecular flexibility index (Phi) is 5.17. The normalized spacial score (nSPS) is 17.2. The Morgan fingerprint density at radius 1 is 1.38 bits per heavy atom. The summed E-state index contributed by atoms with van der Waals surface area (Å²) in [6.45, 7) is 1.76. The third kappa shape index (κ3) is 3.73. The van der Waals surface area contributed by atoms with Crippen molar-refractivity contribution in [3.8, 4) is 5.75 Å². The van der Waals surface area contributed by atoms with Gasteiger partial charge in [-0.2, -0.15) is 0 Å². The minimum absolute atomic E-state index is 0.0142. The van der Waals surface area contributed by atoms with Crippen LogP contribution in [-0.2, 0) is 0 Å². The van der Waals surface area contributed by atoms with E-state index in [-0.39, 0.29) is 23.3 Å². The lowest BCUT2D eigenvalue weighted by atomic mass is 9.83. The van der Waals surface area contributed by atoms with Crippen LogP contribution in [0.2, 0.25) is 0 Å². The van der Waals surface area contributed by atoms with Crippen molar-refractivity contribution in [2.75, 3.05) is 0 Å². The zero-order chi connectivity index (χ0) is 15.4. The second-order valence-corrected chi connectivity index (χ2v) is 6.19. The van der Waals surface area contributed by atoms with Crippen molar-refractivity contribution in [3.05, 3.63) is 29.3 Å². The fraction of sp³-hybridized carbons (Fsp3) is 0.500. The molecule has 0 heterocycles. The largest absolute Gasteiger partial charge is 0.507 e. The summed E-state index contributed by atoms with van der Waals surface area (Å²) in [6, 6.07) is 4.82. The maximum atomic E-state index is 12.4. The van der Waals surface area contributed by atoms with Gasteiger partial charge in [0.15, 0.2) is 0 Å². The molecule has 21 heavy (non-hydrogen) atoms. The summed E-state index contributed by atoms with van der Waals surface area (Å²) >= 11 is 5.13. The minimum Gasteiger partial charge on any atom is -0.507 e. The third-order valence-electron chi connectivity index (χ3n) is 4.20. The number of phenolic OH excluding ortho intramolecular Hbond substituents is 1. The number of thiocarbonyl (C=S) groups is 1. The maximum absolute atomic E-state index is 12.4. The topological polar surface area (TPSA) is 75.4 Å². The van der Waals surface area contributed by atoms with E-state index >= 15 is 0 Å². The van der Waals surface area contributed by atoms with E-state index in [1.54, 1.807) is 25.1 Å². The molecule has 0 saturated heterocycles. The Bertz CT molecular complexity index is 539. The summed E-state index contributed by atoms with van der Waals surface area (Å²) in [4.78, 5) is 12.7. The molecule has 0 radical (unpaired) electrons. The van der Waals surface area contributed by atoms with Crippen molar-refractivity contribution in [1.29, 1.82) is 0 Å². The number of carbonyl (C=O) groups is 1. The lowest BCUT2D eigenvalue weighted by molar-refractivity contribution is 0.0929. The number of aromatic hydroxyl groups is 1. The summed E-state index contributed by atoms with van der Waals surface area (Å²) in [5.74, 6) is -0.00735. The van der Waals surface area contributed by atoms with Crippen LogP contribution < -0.4 is 11.1 Å². The number of nitrogens with two attached hydrogens (primary N) is 1. The van der Waals surface area contributed by atoms with Crippen molar-refractivity contribution in [1.82, 2.24) is 5.32 Å². The van der Waals surface area contributed by atoms with Crippen LogP contribution in [0.1, 0.15) is 48.0 Å². The summed E-state index contributed by atoms with van der Waals surface area (Å²) in [5.41, 5.74) is 6.76. The molecule has 2 rings (SSSR count). The molecule has 1 aliphatic rings. The molecule has 0 aromatic heterocycles. The van der Waals surface area contributed by atoms with Gasteiger partial charge in [0.05, 0.1) is 16.6 Å². The SMILES string of the molecule is Cc1cccc(C(=O)NC(C(N)=S)C2CCCCC2)c1O. The molecule has 4 nitrogen and oxygen atoms in total. The number of nitrogens with one attached hydrogen (secondary N) is 1. The van der Waals surface area contributed by atoms with Gasteiger partial charge in [0.25, 0.3) is 5.91 Å². The van der Waals surface area contributed by atoms with E-state index in [0.29, 0.717) is 16.5 Å². The van der Waals surface area contributed by atoms with Crippen LogP contribution in [0.5, 0.6) is 5.75 Å². The molecule has 4 N–H and O–H groups in total. The van der Waals surface area contributed by atoms with Crippen LogP contribution in [0.4, 0.5) is 0 Å². The van der Waals surface area contributed by atoms with E-state index in [1.165, 1.54) is 6.42 Å². The minimum atomic E-state index is -0.320. The highest BCUT2D eigenvalue weighted by Gasteiger charge is 2.28. The lowest BCUT2D eigenvalue weighted by Gasteiger charge is -2.30. The molecular formula is C16H22N2O2S. The molecule has 1 fully saturated rings. The molecule has 114 valence electrons. The first-order valence-corrected chi connectivity index (χ1v) is 7.80. The smallest absolute Gasteiger partial charge is 0.255 e. The van der Waals surface area contributed by atoms with E-state index in [1.807, 2.05) is 0 Å². The van der Waals surface area contributed by atoms with Gasteiger partial charge in [-0.3, -0.25) is 4.79 Å². The highest BCUT2D eigenvalue weighted by atomic mass is 32.1. The van der Waals surface area contributed by atoms with Crippen molar-refractivity contribution in [2.24, 2.45) is 11.7 Å². The van der Waals surface area contributed by atoms with Crippen molar-refractivity contribution >= 4 is 23.1 Å². The zero-order valence-electron chi connectivity index (χ0n) is 12.3. The van der Waals surface area contributed by atoms with E-state index in [0.717, 1.165) is 25.7 Å². The maximum Gasteiger partial charge on any atom is 0.255 e. The van der Waals surface area contributed by atoms with Crippen LogP contribution in [-0.4, -0.2) is 22.0 Å². The average molecular weight is 306 g/mol. The predicted octanol–water partition coefficient (Wildman–Crippen LogP) is 2.67. The van der Waals surface area contributed by atoms with Gasteiger partial charge in [0.1, 0.15) is 5.75 Å². The molecule has 1 aliphatic carbocycles. The third-order valence-corrected chi connectivity index (χ3v) is 4.45. The first-order chi connectivity index (χ1) is 10.0. The van der Waals surface area contributed by atoms with Gasteiger partial charge in [0.2, 0.25) is 0 Å². The molecule has 1 amide bonds. The Morgan fingerprint density at radius 3 is 2.67 bits per heavy atom. The second kappa shape index (κ2) is 6.89. The summed E-state index contributed by atoms with van der Waals surface area (Å²) < 4.78 is 0. The Morgan fingerprint density at radius 2 is 2.05 bits per heavy atom. The first-order valence-electron chi connectivity index (χ1n) is 7.39. The second-order valence-electron chi connectivity index (χ2n) is 5.72.